The van der Waals surface area contributed by atoms with Crippen LogP contribution in [0.1, 0.15) is 52.0 Å². The van der Waals surface area contributed by atoms with Crippen molar-refractivity contribution in [1.29, 1.82) is 0 Å². The Bertz CT molecular complexity index is 1290. The van der Waals surface area contributed by atoms with Crippen molar-refractivity contribution in [3.63, 3.8) is 0 Å². The van der Waals surface area contributed by atoms with Crippen LogP contribution >= 0.6 is 0 Å². The van der Waals surface area contributed by atoms with Gasteiger partial charge in [0.15, 0.2) is 11.3 Å². The molecule has 0 saturated carbocycles. The summed E-state index contributed by atoms with van der Waals surface area (Å²) in [6, 6.07) is 14.9. The van der Waals surface area contributed by atoms with Crippen molar-refractivity contribution in [3.8, 4) is 11.3 Å². The summed E-state index contributed by atoms with van der Waals surface area (Å²) < 4.78 is 7.20. The summed E-state index contributed by atoms with van der Waals surface area (Å²) >= 11 is 0. The number of rotatable bonds is 7. The maximum absolute atomic E-state index is 13.4. The smallest absolute Gasteiger partial charge is 0.271 e. The van der Waals surface area contributed by atoms with Gasteiger partial charge in [-0.3, -0.25) is 18.9 Å². The van der Waals surface area contributed by atoms with Crippen LogP contribution in [-0.4, -0.2) is 50.7 Å². The van der Waals surface area contributed by atoms with E-state index < -0.39 is 5.91 Å². The first-order chi connectivity index (χ1) is 16.6. The van der Waals surface area contributed by atoms with Crippen LogP contribution in [-0.2, 0) is 0 Å². The van der Waals surface area contributed by atoms with Crippen LogP contribution in [0.2, 0.25) is 0 Å². The first-order valence-electron chi connectivity index (χ1n) is 11.4. The highest BCUT2D eigenvalue weighted by Gasteiger charge is 2.26. The van der Waals surface area contributed by atoms with Crippen LogP contribution in [0.4, 0.5) is 0 Å². The molecule has 1 aliphatic heterocycles. The second kappa shape index (κ2) is 9.48. The Labute approximate surface area is 196 Å². The minimum atomic E-state index is -0.699. The molecule has 1 fully saturated rings. The van der Waals surface area contributed by atoms with E-state index in [2.05, 4.69) is 20.2 Å². The maximum atomic E-state index is 13.4. The fourth-order valence-corrected chi connectivity index (χ4v) is 4.48. The van der Waals surface area contributed by atoms with Crippen molar-refractivity contribution in [2.75, 3.05) is 19.6 Å². The van der Waals surface area contributed by atoms with Gasteiger partial charge in [-0.15, -0.1) is 0 Å². The topological polar surface area (TPSA) is 119 Å². The number of nitrogens with two attached hydrogens (primary N) is 1. The van der Waals surface area contributed by atoms with Gasteiger partial charge in [-0.05, 0) is 44.1 Å². The molecule has 0 aliphatic carbocycles. The number of carbonyl (C=O) groups is 2. The third kappa shape index (κ3) is 4.29. The van der Waals surface area contributed by atoms with E-state index in [1.807, 2.05) is 42.5 Å². The van der Waals surface area contributed by atoms with Gasteiger partial charge in [-0.2, -0.15) is 0 Å². The average Bonchev–Trinajstić information content (AvgIpc) is 3.55. The number of fused-ring (bicyclic) bond motifs is 1. The lowest BCUT2D eigenvalue weighted by Crippen LogP contribution is -2.40. The summed E-state index contributed by atoms with van der Waals surface area (Å²) in [6.45, 7) is 2.30. The molecule has 1 saturated heterocycles. The molecule has 2 amide bonds. The second-order valence-electron chi connectivity index (χ2n) is 8.38. The first kappa shape index (κ1) is 21.8. The Morgan fingerprint density at radius 1 is 1.09 bits per heavy atom. The van der Waals surface area contributed by atoms with Gasteiger partial charge in [-0.25, -0.2) is 9.97 Å². The number of hydrogen-bond donors (Lipinski definition) is 2. The lowest BCUT2D eigenvalue weighted by Gasteiger charge is -2.33. The molecule has 4 heterocycles. The molecule has 9 heteroatoms. The Hall–Kier alpha value is -3.98. The van der Waals surface area contributed by atoms with Crippen molar-refractivity contribution in [1.82, 2.24) is 24.6 Å². The molecule has 0 unspecified atom stereocenters. The zero-order valence-corrected chi connectivity index (χ0v) is 18.7. The summed E-state index contributed by atoms with van der Waals surface area (Å²) in [5, 5.41) is 3.06. The first-order valence-corrected chi connectivity index (χ1v) is 11.4. The minimum absolute atomic E-state index is 0.0219. The number of likely N-dealkylation sites (tertiary alicyclic amines) is 1. The summed E-state index contributed by atoms with van der Waals surface area (Å²) in [4.78, 5) is 36.4. The molecule has 174 valence electrons. The number of carbonyl (C=O) groups excluding carboxylic acids is 2. The normalized spacial score (nSPS) is 15.3. The highest BCUT2D eigenvalue weighted by molar-refractivity contribution is 5.99. The molecule has 0 radical (unpaired) electrons. The number of hydrogen-bond acceptors (Lipinski definition) is 6. The molecule has 4 aromatic rings. The largest absolute Gasteiger partial charge is 0.468 e. The monoisotopic (exact) mass is 458 g/mol. The number of amides is 2. The molecule has 1 atom stereocenters. The van der Waals surface area contributed by atoms with Crippen LogP contribution in [0.5, 0.6) is 0 Å². The van der Waals surface area contributed by atoms with Crippen LogP contribution in [0.15, 0.2) is 65.5 Å². The molecule has 34 heavy (non-hydrogen) atoms. The van der Waals surface area contributed by atoms with Crippen molar-refractivity contribution in [3.05, 3.63) is 78.3 Å². The number of primary amides is 1. The van der Waals surface area contributed by atoms with Crippen LogP contribution in [0.3, 0.4) is 0 Å². The third-order valence-electron chi connectivity index (χ3n) is 6.20. The molecule has 0 bridgehead atoms. The fraction of sp³-hybridized carbons (Fsp3) is 0.280. The van der Waals surface area contributed by atoms with Gasteiger partial charge in [0.1, 0.15) is 17.8 Å². The highest BCUT2D eigenvalue weighted by Crippen LogP contribution is 2.25. The molecule has 1 aliphatic rings. The number of imidazole rings is 1. The molecule has 1 aromatic carbocycles. The van der Waals surface area contributed by atoms with Crippen LogP contribution in [0.25, 0.3) is 16.9 Å². The zero-order chi connectivity index (χ0) is 23.5. The lowest BCUT2D eigenvalue weighted by molar-refractivity contribution is 0.0907. The van der Waals surface area contributed by atoms with Crippen LogP contribution in [0, 0.1) is 0 Å². The number of aromatic nitrogens is 3. The molecule has 0 spiro atoms. The van der Waals surface area contributed by atoms with Gasteiger partial charge in [0.25, 0.3) is 11.8 Å². The Morgan fingerprint density at radius 2 is 1.88 bits per heavy atom. The Balaban J connectivity index is 1.48. The predicted octanol–water partition coefficient (Wildman–Crippen LogP) is 3.05. The van der Waals surface area contributed by atoms with Crippen LogP contribution < -0.4 is 11.1 Å². The number of benzene rings is 1. The molecular formula is C25H26N6O3. The van der Waals surface area contributed by atoms with E-state index in [4.69, 9.17) is 10.2 Å². The van der Waals surface area contributed by atoms with Crippen molar-refractivity contribution < 1.29 is 14.0 Å². The highest BCUT2D eigenvalue weighted by atomic mass is 16.3. The second-order valence-corrected chi connectivity index (χ2v) is 8.38. The van der Waals surface area contributed by atoms with E-state index in [1.165, 1.54) is 17.1 Å². The van der Waals surface area contributed by atoms with E-state index >= 15 is 0 Å². The number of piperidine rings is 1. The summed E-state index contributed by atoms with van der Waals surface area (Å²) in [5.41, 5.74) is 7.47. The Kier molecular flexibility index (Phi) is 6.09. The number of nitrogens with one attached hydrogen (secondary N) is 1. The predicted molar refractivity (Wildman–Crippen MR) is 126 cm³/mol. The lowest BCUT2D eigenvalue weighted by atomic mass is 10.1. The molecule has 5 rings (SSSR count). The van der Waals surface area contributed by atoms with E-state index in [-0.39, 0.29) is 23.3 Å². The van der Waals surface area contributed by atoms with Crippen molar-refractivity contribution >= 4 is 17.5 Å². The number of nitrogens with zero attached hydrogens (tertiary/aromatic N) is 4. The van der Waals surface area contributed by atoms with Gasteiger partial charge in [0.05, 0.1) is 18.0 Å². The number of furan rings is 1. The van der Waals surface area contributed by atoms with E-state index in [1.54, 1.807) is 12.3 Å². The quantitative estimate of drug-likeness (QED) is 0.439. The van der Waals surface area contributed by atoms with E-state index in [9.17, 15) is 9.59 Å². The molecule has 9 nitrogen and oxygen atoms in total. The summed E-state index contributed by atoms with van der Waals surface area (Å²) in [6.07, 6.45) is 6.53. The third-order valence-corrected chi connectivity index (χ3v) is 6.20. The van der Waals surface area contributed by atoms with Crippen molar-refractivity contribution in [2.45, 2.75) is 25.3 Å². The van der Waals surface area contributed by atoms with Crippen molar-refractivity contribution in [2.24, 2.45) is 5.73 Å². The van der Waals surface area contributed by atoms with Gasteiger partial charge in [0.2, 0.25) is 0 Å². The molecule has 3 N–H and O–H groups in total. The van der Waals surface area contributed by atoms with Gasteiger partial charge in [0, 0.05) is 12.1 Å². The van der Waals surface area contributed by atoms with Gasteiger partial charge < -0.3 is 15.5 Å². The van der Waals surface area contributed by atoms with E-state index in [0.717, 1.165) is 37.3 Å². The Morgan fingerprint density at radius 3 is 2.59 bits per heavy atom. The summed E-state index contributed by atoms with van der Waals surface area (Å²) in [7, 11) is 0. The minimum Gasteiger partial charge on any atom is -0.468 e. The van der Waals surface area contributed by atoms with Gasteiger partial charge >= 0.3 is 0 Å². The average molecular weight is 459 g/mol. The van der Waals surface area contributed by atoms with E-state index in [0.29, 0.717) is 17.9 Å². The van der Waals surface area contributed by atoms with Gasteiger partial charge in [-0.1, -0.05) is 36.8 Å². The summed E-state index contributed by atoms with van der Waals surface area (Å²) in [5.74, 6) is -0.174. The molecular weight excluding hydrogens is 432 g/mol. The molecule has 3 aromatic heterocycles. The SMILES string of the molecule is NC(=O)c1ncn2c(C(=O)NC[C@H](c3ccco3)N3CCCCC3)cc(-c3ccccc3)nc12. The standard InChI is InChI=1S/C25H26N6O3/c26-23(32)22-24-29-18(17-8-3-1-4-9-17)14-19(31(24)16-28-22)25(33)27-15-20(21-10-7-13-34-21)30-11-5-2-6-12-30/h1,3-4,7-10,13-14,16,20H,2,5-6,11-12,15H2,(H2,26,32)(H,27,33)/t20-/m1/s1. The maximum Gasteiger partial charge on any atom is 0.271 e. The zero-order valence-electron chi connectivity index (χ0n) is 18.7. The fourth-order valence-electron chi connectivity index (χ4n) is 4.48.